The molecule has 0 aromatic carbocycles. The summed E-state index contributed by atoms with van der Waals surface area (Å²) in [5.74, 6) is 6.46. The van der Waals surface area contributed by atoms with Crippen molar-refractivity contribution in [1.82, 2.24) is 15.6 Å². The summed E-state index contributed by atoms with van der Waals surface area (Å²) in [5.41, 5.74) is 5.52. The summed E-state index contributed by atoms with van der Waals surface area (Å²) < 4.78 is 5.53. The van der Waals surface area contributed by atoms with Gasteiger partial charge in [0, 0.05) is 12.0 Å². The van der Waals surface area contributed by atoms with Crippen LogP contribution in [0, 0.1) is 13.8 Å². The van der Waals surface area contributed by atoms with E-state index in [9.17, 15) is 0 Å². The van der Waals surface area contributed by atoms with E-state index in [0.717, 1.165) is 35.7 Å². The maximum Gasteiger partial charge on any atom is 0.115 e. The molecule has 1 unspecified atom stereocenters. The van der Waals surface area contributed by atoms with Crippen LogP contribution in [0.1, 0.15) is 29.4 Å². The van der Waals surface area contributed by atoms with Crippen molar-refractivity contribution in [2.24, 2.45) is 5.84 Å². The molecule has 1 aliphatic heterocycles. The number of hydrazine groups is 1. The van der Waals surface area contributed by atoms with Crippen LogP contribution in [0.3, 0.4) is 0 Å². The van der Waals surface area contributed by atoms with Gasteiger partial charge in [-0.3, -0.25) is 5.84 Å². The Morgan fingerprint density at radius 3 is 2.88 bits per heavy atom. The molecule has 1 aliphatic rings. The molecule has 0 saturated heterocycles. The van der Waals surface area contributed by atoms with Gasteiger partial charge in [-0.1, -0.05) is 0 Å². The summed E-state index contributed by atoms with van der Waals surface area (Å²) in [7, 11) is 0. The second-order valence-corrected chi connectivity index (χ2v) is 3.87. The standard InChI is InChI=1S/C11H16N4O/c1-7-6-9(8(2)15-14-7)11(13-12)10-4-3-5-16-10/h4,6,11,13H,3,5,12H2,1-2H3. The van der Waals surface area contributed by atoms with E-state index in [4.69, 9.17) is 10.6 Å². The summed E-state index contributed by atoms with van der Waals surface area (Å²) in [6.07, 6.45) is 2.99. The van der Waals surface area contributed by atoms with Crippen LogP contribution in [0.4, 0.5) is 0 Å². The third kappa shape index (κ3) is 2.05. The fourth-order valence-corrected chi connectivity index (χ4v) is 1.83. The first-order chi connectivity index (χ1) is 7.72. The zero-order valence-electron chi connectivity index (χ0n) is 9.53. The van der Waals surface area contributed by atoms with Crippen molar-refractivity contribution >= 4 is 0 Å². The van der Waals surface area contributed by atoms with Gasteiger partial charge >= 0.3 is 0 Å². The summed E-state index contributed by atoms with van der Waals surface area (Å²) in [6.45, 7) is 4.55. The first kappa shape index (κ1) is 11.0. The fourth-order valence-electron chi connectivity index (χ4n) is 1.83. The first-order valence-corrected chi connectivity index (χ1v) is 5.32. The molecule has 1 atom stereocenters. The van der Waals surface area contributed by atoms with Crippen molar-refractivity contribution in [1.29, 1.82) is 0 Å². The van der Waals surface area contributed by atoms with Gasteiger partial charge in [-0.05, 0) is 26.0 Å². The Hall–Kier alpha value is -1.46. The highest BCUT2D eigenvalue weighted by Gasteiger charge is 2.22. The highest BCUT2D eigenvalue weighted by Crippen LogP contribution is 2.27. The van der Waals surface area contributed by atoms with Crippen molar-refractivity contribution in [3.63, 3.8) is 0 Å². The molecular formula is C11H16N4O. The van der Waals surface area contributed by atoms with E-state index < -0.39 is 0 Å². The molecule has 0 radical (unpaired) electrons. The number of ether oxygens (including phenoxy) is 1. The van der Waals surface area contributed by atoms with Crippen LogP contribution in [0.15, 0.2) is 17.9 Å². The monoisotopic (exact) mass is 220 g/mol. The Balaban J connectivity index is 2.35. The maximum atomic E-state index is 5.58. The SMILES string of the molecule is Cc1cc(C(NN)C2=CCCO2)c(C)nn1. The van der Waals surface area contributed by atoms with Crippen LogP contribution in [-0.2, 0) is 4.74 Å². The third-order valence-electron chi connectivity index (χ3n) is 2.63. The molecule has 0 fully saturated rings. The van der Waals surface area contributed by atoms with Crippen LogP contribution in [0.5, 0.6) is 0 Å². The second-order valence-electron chi connectivity index (χ2n) is 3.87. The number of aryl methyl sites for hydroxylation is 2. The number of aromatic nitrogens is 2. The molecular weight excluding hydrogens is 204 g/mol. The summed E-state index contributed by atoms with van der Waals surface area (Å²) >= 11 is 0. The third-order valence-corrected chi connectivity index (χ3v) is 2.63. The fraction of sp³-hybridized carbons (Fsp3) is 0.455. The van der Waals surface area contributed by atoms with E-state index >= 15 is 0 Å². The Labute approximate surface area is 94.7 Å². The summed E-state index contributed by atoms with van der Waals surface area (Å²) in [4.78, 5) is 0. The minimum Gasteiger partial charge on any atom is -0.496 e. The molecule has 86 valence electrons. The van der Waals surface area contributed by atoms with Crippen molar-refractivity contribution in [2.75, 3.05) is 6.61 Å². The van der Waals surface area contributed by atoms with Crippen LogP contribution in [0.2, 0.25) is 0 Å². The van der Waals surface area contributed by atoms with Crippen molar-refractivity contribution in [3.8, 4) is 0 Å². The lowest BCUT2D eigenvalue weighted by atomic mass is 10.0. The number of nitrogens with one attached hydrogen (secondary N) is 1. The van der Waals surface area contributed by atoms with Crippen molar-refractivity contribution in [3.05, 3.63) is 34.9 Å². The van der Waals surface area contributed by atoms with E-state index in [1.165, 1.54) is 0 Å². The van der Waals surface area contributed by atoms with Gasteiger partial charge in [0.2, 0.25) is 0 Å². The zero-order valence-corrected chi connectivity index (χ0v) is 9.53. The van der Waals surface area contributed by atoms with Gasteiger partial charge in [0.15, 0.2) is 0 Å². The molecule has 1 aromatic rings. The van der Waals surface area contributed by atoms with Gasteiger partial charge in [-0.25, -0.2) is 5.43 Å². The van der Waals surface area contributed by atoms with Gasteiger partial charge in [0.05, 0.1) is 18.0 Å². The molecule has 5 nitrogen and oxygen atoms in total. The Kier molecular flexibility index (Phi) is 3.17. The topological polar surface area (TPSA) is 73.1 Å². The number of hydrogen-bond donors (Lipinski definition) is 2. The lowest BCUT2D eigenvalue weighted by Crippen LogP contribution is -2.30. The molecule has 0 amide bonds. The maximum absolute atomic E-state index is 5.58. The minimum atomic E-state index is -0.128. The van der Waals surface area contributed by atoms with Gasteiger partial charge in [-0.15, -0.1) is 0 Å². The van der Waals surface area contributed by atoms with Gasteiger partial charge in [-0.2, -0.15) is 10.2 Å². The predicted molar refractivity (Wildman–Crippen MR) is 60.2 cm³/mol. The second kappa shape index (κ2) is 4.59. The molecule has 5 heteroatoms. The first-order valence-electron chi connectivity index (χ1n) is 5.32. The molecule has 3 N–H and O–H groups in total. The van der Waals surface area contributed by atoms with Crippen LogP contribution in [0.25, 0.3) is 0 Å². The molecule has 2 rings (SSSR count). The summed E-state index contributed by atoms with van der Waals surface area (Å²) in [5, 5.41) is 8.09. The predicted octanol–water partition coefficient (Wildman–Crippen LogP) is 0.902. The van der Waals surface area contributed by atoms with Crippen LogP contribution >= 0.6 is 0 Å². The molecule has 0 spiro atoms. The molecule has 0 aliphatic carbocycles. The molecule has 2 heterocycles. The quantitative estimate of drug-likeness (QED) is 0.585. The Bertz CT molecular complexity index is 416. The van der Waals surface area contributed by atoms with Crippen molar-refractivity contribution in [2.45, 2.75) is 26.3 Å². The van der Waals surface area contributed by atoms with E-state index in [1.807, 2.05) is 19.9 Å². The zero-order chi connectivity index (χ0) is 11.5. The van der Waals surface area contributed by atoms with E-state index in [-0.39, 0.29) is 6.04 Å². The highest BCUT2D eigenvalue weighted by atomic mass is 16.5. The summed E-state index contributed by atoms with van der Waals surface area (Å²) in [6, 6.07) is 1.85. The largest absolute Gasteiger partial charge is 0.496 e. The van der Waals surface area contributed by atoms with Crippen LogP contribution in [-0.4, -0.2) is 16.8 Å². The lowest BCUT2D eigenvalue weighted by molar-refractivity contribution is 0.215. The van der Waals surface area contributed by atoms with Crippen molar-refractivity contribution < 1.29 is 4.74 Å². The average molecular weight is 220 g/mol. The van der Waals surface area contributed by atoms with E-state index in [2.05, 4.69) is 21.7 Å². The number of rotatable bonds is 3. The number of nitrogens with two attached hydrogens (primary N) is 1. The van der Waals surface area contributed by atoms with Gasteiger partial charge < -0.3 is 4.74 Å². The van der Waals surface area contributed by atoms with Crippen LogP contribution < -0.4 is 11.3 Å². The lowest BCUT2D eigenvalue weighted by Gasteiger charge is -2.19. The molecule has 1 aromatic heterocycles. The van der Waals surface area contributed by atoms with Gasteiger partial charge in [0.1, 0.15) is 11.8 Å². The molecule has 16 heavy (non-hydrogen) atoms. The molecule has 0 bridgehead atoms. The smallest absolute Gasteiger partial charge is 0.115 e. The highest BCUT2D eigenvalue weighted by molar-refractivity contribution is 5.30. The number of hydrogen-bond acceptors (Lipinski definition) is 5. The van der Waals surface area contributed by atoms with Gasteiger partial charge in [0.25, 0.3) is 0 Å². The van der Waals surface area contributed by atoms with E-state index in [1.54, 1.807) is 0 Å². The Morgan fingerprint density at radius 1 is 1.44 bits per heavy atom. The normalized spacial score (nSPS) is 16.8. The minimum absolute atomic E-state index is 0.128. The average Bonchev–Trinajstić information content (AvgIpc) is 2.78. The van der Waals surface area contributed by atoms with E-state index in [0.29, 0.717) is 0 Å². The Morgan fingerprint density at radius 2 is 2.25 bits per heavy atom. The molecule has 0 saturated carbocycles. The number of nitrogens with zero attached hydrogens (tertiary/aromatic N) is 2.